The molecule has 0 spiro atoms. The van der Waals surface area contributed by atoms with E-state index in [2.05, 4.69) is 22.0 Å². The predicted octanol–water partition coefficient (Wildman–Crippen LogP) is 4.39. The van der Waals surface area contributed by atoms with E-state index in [-0.39, 0.29) is 11.6 Å². The third kappa shape index (κ3) is 4.70. The van der Waals surface area contributed by atoms with Crippen molar-refractivity contribution >= 4 is 17.6 Å². The van der Waals surface area contributed by atoms with Crippen molar-refractivity contribution in [2.24, 2.45) is 0 Å². The normalized spacial score (nSPS) is 15.7. The first kappa shape index (κ1) is 22.1. The number of aromatic nitrogens is 2. The second-order valence-electron chi connectivity index (χ2n) is 7.81. The van der Waals surface area contributed by atoms with Crippen LogP contribution in [-0.4, -0.2) is 57.8 Å². The van der Waals surface area contributed by atoms with Gasteiger partial charge >= 0.3 is 6.18 Å². The summed E-state index contributed by atoms with van der Waals surface area (Å²) in [6, 6.07) is 12.4. The summed E-state index contributed by atoms with van der Waals surface area (Å²) in [6.07, 6.45) is 1.13. The molecule has 5 nitrogen and oxygen atoms in total. The summed E-state index contributed by atoms with van der Waals surface area (Å²) in [5.41, 5.74) is 1.44. The Bertz CT molecular complexity index is 1110. The number of halogens is 3. The van der Waals surface area contributed by atoms with Crippen LogP contribution in [0.15, 0.2) is 54.7 Å². The third-order valence-electron chi connectivity index (χ3n) is 5.69. The maximum atomic E-state index is 13.3. The van der Waals surface area contributed by atoms with Gasteiger partial charge in [-0.05, 0) is 24.1 Å². The lowest BCUT2D eigenvalue weighted by Gasteiger charge is -2.34. The highest BCUT2D eigenvalue weighted by atomic mass is 19.4. The number of carbonyl (C=O) groups is 1. The highest BCUT2D eigenvalue weighted by molar-refractivity contribution is 5.95. The molecule has 0 N–H and O–H groups in total. The molecule has 0 saturated carbocycles. The van der Waals surface area contributed by atoms with Crippen LogP contribution in [0, 0.1) is 0 Å². The van der Waals surface area contributed by atoms with Gasteiger partial charge in [-0.3, -0.25) is 14.1 Å². The van der Waals surface area contributed by atoms with Gasteiger partial charge in [0.15, 0.2) is 0 Å². The van der Waals surface area contributed by atoms with Crippen LogP contribution < -0.4 is 0 Å². The van der Waals surface area contributed by atoms with Crippen LogP contribution >= 0.6 is 0 Å². The second kappa shape index (κ2) is 9.16. The molecule has 4 rings (SSSR count). The molecule has 1 fully saturated rings. The summed E-state index contributed by atoms with van der Waals surface area (Å²) in [5.74, 6) is -0.270. The lowest BCUT2D eigenvalue weighted by molar-refractivity contribution is -0.137. The number of carbonyl (C=O) groups excluding carboxylic acids is 1. The maximum absolute atomic E-state index is 13.3. The van der Waals surface area contributed by atoms with Crippen LogP contribution in [0.2, 0.25) is 0 Å². The Morgan fingerprint density at radius 2 is 1.78 bits per heavy atom. The van der Waals surface area contributed by atoms with Crippen LogP contribution in [0.5, 0.6) is 0 Å². The summed E-state index contributed by atoms with van der Waals surface area (Å²) in [6.45, 7) is 5.08. The van der Waals surface area contributed by atoms with Crippen molar-refractivity contribution < 1.29 is 18.0 Å². The number of aryl methyl sites for hydroxylation is 1. The van der Waals surface area contributed by atoms with Gasteiger partial charge in [-0.2, -0.15) is 13.2 Å². The molecule has 1 aliphatic heterocycles. The highest BCUT2D eigenvalue weighted by Crippen LogP contribution is 2.30. The second-order valence-corrected chi connectivity index (χ2v) is 7.81. The number of pyridine rings is 1. The van der Waals surface area contributed by atoms with E-state index in [1.54, 1.807) is 4.90 Å². The average molecular weight is 442 g/mol. The van der Waals surface area contributed by atoms with Crippen LogP contribution in [0.1, 0.15) is 34.2 Å². The van der Waals surface area contributed by atoms with Crippen molar-refractivity contribution in [3.8, 4) is 0 Å². The van der Waals surface area contributed by atoms with Gasteiger partial charge in [-0.1, -0.05) is 49.4 Å². The zero-order chi connectivity index (χ0) is 22.7. The van der Waals surface area contributed by atoms with Gasteiger partial charge in [0.25, 0.3) is 5.91 Å². The molecule has 0 atom stereocenters. The summed E-state index contributed by atoms with van der Waals surface area (Å²) >= 11 is 0. The van der Waals surface area contributed by atoms with E-state index in [1.807, 2.05) is 37.3 Å². The molecule has 3 aromatic rings. The molecule has 0 aliphatic carbocycles. The Morgan fingerprint density at radius 1 is 1.06 bits per heavy atom. The van der Waals surface area contributed by atoms with E-state index in [1.165, 1.54) is 10.5 Å². The van der Waals surface area contributed by atoms with Crippen LogP contribution in [0.3, 0.4) is 0 Å². The lowest BCUT2D eigenvalue weighted by Crippen LogP contribution is -2.49. The molecule has 1 amide bonds. The molecule has 0 bridgehead atoms. The Hall–Kier alpha value is -3.13. The molecule has 32 heavy (non-hydrogen) atoms. The van der Waals surface area contributed by atoms with Gasteiger partial charge in [-0.15, -0.1) is 0 Å². The molecular formula is C24H25F3N4O. The Morgan fingerprint density at radius 3 is 2.44 bits per heavy atom. The molecule has 2 aromatic heterocycles. The third-order valence-corrected chi connectivity index (χ3v) is 5.69. The van der Waals surface area contributed by atoms with E-state index in [0.29, 0.717) is 43.9 Å². The molecule has 1 aliphatic rings. The van der Waals surface area contributed by atoms with E-state index in [9.17, 15) is 18.0 Å². The van der Waals surface area contributed by atoms with E-state index in [4.69, 9.17) is 0 Å². The highest BCUT2D eigenvalue weighted by Gasteiger charge is 2.32. The minimum Gasteiger partial charge on any atom is -0.335 e. The summed E-state index contributed by atoms with van der Waals surface area (Å²) in [4.78, 5) is 21.6. The lowest BCUT2D eigenvalue weighted by atomic mass is 10.2. The number of alkyl halides is 3. The van der Waals surface area contributed by atoms with Crippen LogP contribution in [0.25, 0.3) is 11.7 Å². The largest absolute Gasteiger partial charge is 0.417 e. The van der Waals surface area contributed by atoms with Crippen molar-refractivity contribution in [2.45, 2.75) is 19.5 Å². The van der Waals surface area contributed by atoms with E-state index >= 15 is 0 Å². The monoisotopic (exact) mass is 442 g/mol. The van der Waals surface area contributed by atoms with Crippen molar-refractivity contribution in [3.05, 3.63) is 77.3 Å². The molecule has 0 radical (unpaired) electrons. The van der Waals surface area contributed by atoms with Gasteiger partial charge in [-0.25, -0.2) is 4.98 Å². The number of hydrogen-bond acceptors (Lipinski definition) is 3. The minimum absolute atomic E-state index is 0.228. The van der Waals surface area contributed by atoms with E-state index in [0.717, 1.165) is 24.4 Å². The first-order valence-electron chi connectivity index (χ1n) is 10.7. The Labute approximate surface area is 184 Å². The van der Waals surface area contributed by atoms with Crippen molar-refractivity contribution in [2.75, 3.05) is 32.7 Å². The standard InChI is InChI=1S/C24H25F3N4O/c1-2-20-22(31-17-19(24(25,26)27)10-11-21(31)28-20)23(32)30-15-13-29(14-16-30)12-6-9-18-7-4-3-5-8-18/h3-11,17H,2,12-16H2,1H3/b9-6+. The number of rotatable bonds is 5. The van der Waals surface area contributed by atoms with Gasteiger partial charge in [0.2, 0.25) is 0 Å². The first-order valence-corrected chi connectivity index (χ1v) is 10.7. The van der Waals surface area contributed by atoms with Crippen molar-refractivity contribution in [3.63, 3.8) is 0 Å². The molecule has 168 valence electrons. The number of nitrogens with zero attached hydrogens (tertiary/aromatic N) is 4. The number of hydrogen-bond donors (Lipinski definition) is 0. The smallest absolute Gasteiger partial charge is 0.335 e. The van der Waals surface area contributed by atoms with Gasteiger partial charge in [0.1, 0.15) is 11.3 Å². The topological polar surface area (TPSA) is 40.9 Å². The fourth-order valence-corrected chi connectivity index (χ4v) is 3.92. The SMILES string of the molecule is CCc1nc2ccc(C(F)(F)F)cn2c1C(=O)N1CCN(C/C=C/c2ccccc2)CC1. The fourth-order valence-electron chi connectivity index (χ4n) is 3.92. The summed E-state index contributed by atoms with van der Waals surface area (Å²) in [7, 11) is 0. The number of benzene rings is 1. The van der Waals surface area contributed by atoms with Gasteiger partial charge in [0.05, 0.1) is 11.3 Å². The van der Waals surface area contributed by atoms with Crippen LogP contribution in [-0.2, 0) is 12.6 Å². The number of amides is 1. The van der Waals surface area contributed by atoms with Crippen molar-refractivity contribution in [1.82, 2.24) is 19.2 Å². The maximum Gasteiger partial charge on any atom is 0.417 e. The number of piperazine rings is 1. The Balaban J connectivity index is 1.46. The Kier molecular flexibility index (Phi) is 6.32. The molecule has 1 saturated heterocycles. The minimum atomic E-state index is -4.48. The number of imidazole rings is 1. The van der Waals surface area contributed by atoms with Crippen molar-refractivity contribution in [1.29, 1.82) is 0 Å². The molecule has 1 aromatic carbocycles. The number of fused-ring (bicyclic) bond motifs is 1. The van der Waals surface area contributed by atoms with Gasteiger partial charge in [0, 0.05) is 38.9 Å². The first-order chi connectivity index (χ1) is 15.4. The molecule has 0 unspecified atom stereocenters. The van der Waals surface area contributed by atoms with Gasteiger partial charge < -0.3 is 4.90 Å². The molecule has 8 heteroatoms. The summed E-state index contributed by atoms with van der Waals surface area (Å²) in [5, 5.41) is 0. The molecular weight excluding hydrogens is 417 g/mol. The fraction of sp³-hybridized carbons (Fsp3) is 0.333. The predicted molar refractivity (Wildman–Crippen MR) is 117 cm³/mol. The average Bonchev–Trinajstić information content (AvgIpc) is 3.17. The molecule has 3 heterocycles. The quantitative estimate of drug-likeness (QED) is 0.589. The van der Waals surface area contributed by atoms with E-state index < -0.39 is 11.7 Å². The zero-order valence-corrected chi connectivity index (χ0v) is 17.8. The summed E-state index contributed by atoms with van der Waals surface area (Å²) < 4.78 is 40.9. The zero-order valence-electron chi connectivity index (χ0n) is 17.8. The van der Waals surface area contributed by atoms with Crippen LogP contribution in [0.4, 0.5) is 13.2 Å².